The van der Waals surface area contributed by atoms with E-state index >= 15 is 0 Å². The van der Waals surface area contributed by atoms with Gasteiger partial charge in [0.15, 0.2) is 6.26 Å². The molecule has 0 spiro atoms. The molecule has 2 aromatic rings. The Morgan fingerprint density at radius 3 is 2.60 bits per heavy atom. The Bertz CT molecular complexity index is 990. The molecular formula is C29H37NO5. The summed E-state index contributed by atoms with van der Waals surface area (Å²) in [5.74, 6) is 1.68. The molecule has 1 N–H and O–H groups in total. The normalized spacial score (nSPS) is 23.3. The highest BCUT2D eigenvalue weighted by atomic mass is 16.8. The van der Waals surface area contributed by atoms with E-state index in [4.69, 9.17) is 18.9 Å². The Labute approximate surface area is 208 Å². The SMILES string of the molecule is COc1ccccc1C1(C(O)CN2CCCC(C(Cc3ccccc3)OC3=COCO3)C2)CCC1. The number of β-amino-alcohol motifs (C(OH)–C–C–N with tert-alkyl or cyclic N) is 1. The summed E-state index contributed by atoms with van der Waals surface area (Å²) in [4.78, 5) is 2.43. The lowest BCUT2D eigenvalue weighted by Gasteiger charge is -2.48. The van der Waals surface area contributed by atoms with Crippen LogP contribution in [-0.4, -0.2) is 55.8 Å². The molecule has 3 unspecified atom stereocenters. The number of ether oxygens (including phenoxy) is 4. The largest absolute Gasteiger partial charge is 0.496 e. The van der Waals surface area contributed by atoms with E-state index in [1.54, 1.807) is 13.4 Å². The molecule has 2 fully saturated rings. The van der Waals surface area contributed by atoms with Crippen LogP contribution in [0.4, 0.5) is 0 Å². The summed E-state index contributed by atoms with van der Waals surface area (Å²) < 4.78 is 22.7. The van der Waals surface area contributed by atoms with Gasteiger partial charge in [0.2, 0.25) is 6.79 Å². The van der Waals surface area contributed by atoms with Crippen molar-refractivity contribution in [3.63, 3.8) is 0 Å². The van der Waals surface area contributed by atoms with Gasteiger partial charge in [0, 0.05) is 36.4 Å². The topological polar surface area (TPSA) is 60.4 Å². The summed E-state index contributed by atoms with van der Waals surface area (Å²) >= 11 is 0. The van der Waals surface area contributed by atoms with Gasteiger partial charge in [-0.3, -0.25) is 0 Å². The number of methoxy groups -OCH3 is 1. The Morgan fingerprint density at radius 1 is 1.09 bits per heavy atom. The average Bonchev–Trinajstić information content (AvgIpc) is 3.37. The van der Waals surface area contributed by atoms with Gasteiger partial charge in [-0.1, -0.05) is 55.0 Å². The maximum atomic E-state index is 11.6. The molecule has 0 amide bonds. The van der Waals surface area contributed by atoms with Gasteiger partial charge in [0.05, 0.1) is 13.2 Å². The summed E-state index contributed by atoms with van der Waals surface area (Å²) in [7, 11) is 1.72. The van der Waals surface area contributed by atoms with E-state index < -0.39 is 6.10 Å². The van der Waals surface area contributed by atoms with Crippen LogP contribution >= 0.6 is 0 Å². The first-order valence-electron chi connectivity index (χ1n) is 12.9. The number of rotatable bonds is 10. The molecule has 3 atom stereocenters. The Hall–Kier alpha value is -2.70. The number of aliphatic hydroxyl groups excluding tert-OH is 1. The highest BCUT2D eigenvalue weighted by Gasteiger charge is 2.47. The maximum Gasteiger partial charge on any atom is 0.318 e. The van der Waals surface area contributed by atoms with E-state index in [0.29, 0.717) is 18.4 Å². The smallest absolute Gasteiger partial charge is 0.318 e. The van der Waals surface area contributed by atoms with Crippen molar-refractivity contribution in [1.82, 2.24) is 4.90 Å². The quantitative estimate of drug-likeness (QED) is 0.537. The second-order valence-electron chi connectivity index (χ2n) is 10.1. The first kappa shape index (κ1) is 24.0. The number of benzene rings is 2. The standard InChI is InChI=1S/C29H37NO5/c1-32-25-13-6-5-12-24(25)29(14-8-15-29)27(31)19-30-16-7-11-23(18-30)26(35-28-20-33-21-34-28)17-22-9-3-2-4-10-22/h2-6,9-10,12-13,20,23,26-27,31H,7-8,11,14-19,21H2,1H3. The fourth-order valence-electron chi connectivity index (χ4n) is 5.97. The number of para-hydroxylation sites is 1. The highest BCUT2D eigenvalue weighted by Crippen LogP contribution is 2.49. The molecule has 1 saturated heterocycles. The summed E-state index contributed by atoms with van der Waals surface area (Å²) in [6.07, 6.45) is 7.24. The predicted molar refractivity (Wildman–Crippen MR) is 134 cm³/mol. The van der Waals surface area contributed by atoms with Crippen molar-refractivity contribution >= 4 is 0 Å². The molecule has 5 rings (SSSR count). The molecule has 0 radical (unpaired) electrons. The minimum absolute atomic E-state index is 0.0165. The Morgan fingerprint density at radius 2 is 1.89 bits per heavy atom. The first-order chi connectivity index (χ1) is 17.2. The number of likely N-dealkylation sites (tertiary alicyclic amines) is 1. The van der Waals surface area contributed by atoms with Crippen LogP contribution in [-0.2, 0) is 26.0 Å². The van der Waals surface area contributed by atoms with Gasteiger partial charge in [-0.15, -0.1) is 0 Å². The predicted octanol–water partition coefficient (Wildman–Crippen LogP) is 4.62. The number of hydrogen-bond donors (Lipinski definition) is 1. The van der Waals surface area contributed by atoms with Gasteiger partial charge in [-0.25, -0.2) is 0 Å². The van der Waals surface area contributed by atoms with E-state index in [2.05, 4.69) is 41.3 Å². The monoisotopic (exact) mass is 479 g/mol. The van der Waals surface area contributed by atoms with Gasteiger partial charge in [0.1, 0.15) is 11.9 Å². The van der Waals surface area contributed by atoms with Crippen LogP contribution in [0.25, 0.3) is 0 Å². The van der Waals surface area contributed by atoms with E-state index in [1.807, 2.05) is 18.2 Å². The van der Waals surface area contributed by atoms with Crippen molar-refractivity contribution in [2.45, 2.75) is 56.1 Å². The summed E-state index contributed by atoms with van der Waals surface area (Å²) in [6, 6.07) is 18.7. The lowest BCUT2D eigenvalue weighted by Crippen LogP contribution is -2.53. The molecule has 1 saturated carbocycles. The van der Waals surface area contributed by atoms with Gasteiger partial charge < -0.3 is 29.0 Å². The van der Waals surface area contributed by atoms with Gasteiger partial charge >= 0.3 is 5.95 Å². The molecule has 0 bridgehead atoms. The van der Waals surface area contributed by atoms with Crippen LogP contribution in [0.5, 0.6) is 5.75 Å². The Kier molecular flexibility index (Phi) is 7.49. The number of hydrogen-bond acceptors (Lipinski definition) is 6. The van der Waals surface area contributed by atoms with Gasteiger partial charge in [-0.05, 0) is 43.9 Å². The van der Waals surface area contributed by atoms with Gasteiger partial charge in [0.25, 0.3) is 0 Å². The Balaban J connectivity index is 1.28. The van der Waals surface area contributed by atoms with Crippen molar-refractivity contribution < 1.29 is 24.1 Å². The molecule has 2 heterocycles. The molecule has 2 aromatic carbocycles. The third-order valence-electron chi connectivity index (χ3n) is 8.02. The molecular weight excluding hydrogens is 442 g/mol. The molecule has 2 aliphatic heterocycles. The van der Waals surface area contributed by atoms with Crippen LogP contribution in [0.3, 0.4) is 0 Å². The van der Waals surface area contributed by atoms with Gasteiger partial charge in [-0.2, -0.15) is 0 Å². The molecule has 6 heteroatoms. The molecule has 3 aliphatic rings. The summed E-state index contributed by atoms with van der Waals surface area (Å²) in [5, 5.41) is 11.6. The van der Waals surface area contributed by atoms with Crippen molar-refractivity contribution in [3.05, 3.63) is 77.9 Å². The number of nitrogens with zero attached hydrogens (tertiary/aromatic N) is 1. The number of piperidine rings is 1. The highest BCUT2D eigenvalue weighted by molar-refractivity contribution is 5.42. The molecule has 1 aliphatic carbocycles. The summed E-state index contributed by atoms with van der Waals surface area (Å²) in [5.41, 5.74) is 2.17. The second-order valence-corrected chi connectivity index (χ2v) is 10.1. The third kappa shape index (κ3) is 5.29. The average molecular weight is 480 g/mol. The fraction of sp³-hybridized carbons (Fsp3) is 0.517. The van der Waals surface area contributed by atoms with E-state index in [1.165, 1.54) is 5.56 Å². The minimum atomic E-state index is -0.436. The number of aliphatic hydroxyl groups is 1. The van der Waals surface area contributed by atoms with E-state index in [0.717, 1.165) is 62.9 Å². The zero-order chi connectivity index (χ0) is 24.1. The van der Waals surface area contributed by atoms with Crippen molar-refractivity contribution in [2.75, 3.05) is 33.5 Å². The van der Waals surface area contributed by atoms with Crippen molar-refractivity contribution in [3.8, 4) is 5.75 Å². The second kappa shape index (κ2) is 10.9. The van der Waals surface area contributed by atoms with Crippen molar-refractivity contribution in [1.29, 1.82) is 0 Å². The maximum absolute atomic E-state index is 11.6. The zero-order valence-corrected chi connectivity index (χ0v) is 20.6. The van der Waals surface area contributed by atoms with E-state index in [9.17, 15) is 5.11 Å². The van der Waals surface area contributed by atoms with Crippen molar-refractivity contribution in [2.24, 2.45) is 5.92 Å². The van der Waals surface area contributed by atoms with E-state index in [-0.39, 0.29) is 18.3 Å². The first-order valence-corrected chi connectivity index (χ1v) is 12.9. The zero-order valence-electron chi connectivity index (χ0n) is 20.6. The lowest BCUT2D eigenvalue weighted by molar-refractivity contribution is -0.0585. The van der Waals surface area contributed by atoms with Crippen LogP contribution in [0.1, 0.15) is 43.2 Å². The fourth-order valence-corrected chi connectivity index (χ4v) is 5.97. The van der Waals surface area contributed by atoms with Crippen LogP contribution in [0, 0.1) is 5.92 Å². The van der Waals surface area contributed by atoms with Crippen LogP contribution < -0.4 is 4.74 Å². The minimum Gasteiger partial charge on any atom is -0.496 e. The molecule has 188 valence electrons. The third-order valence-corrected chi connectivity index (χ3v) is 8.02. The lowest BCUT2D eigenvalue weighted by atomic mass is 9.60. The summed E-state index contributed by atoms with van der Waals surface area (Å²) in [6.45, 7) is 2.76. The van der Waals surface area contributed by atoms with Crippen LogP contribution in [0.2, 0.25) is 0 Å². The molecule has 35 heavy (non-hydrogen) atoms. The van der Waals surface area contributed by atoms with Crippen LogP contribution in [0.15, 0.2) is 66.8 Å². The molecule has 6 nitrogen and oxygen atoms in total. The molecule has 0 aromatic heterocycles.